The molecule has 1 aliphatic heterocycles. The molecule has 2 heterocycles. The molecule has 0 atom stereocenters. The number of hydrogen-bond acceptors (Lipinski definition) is 7. The first-order chi connectivity index (χ1) is 16.4. The van der Waals surface area contributed by atoms with Gasteiger partial charge in [0.25, 0.3) is 5.91 Å². The van der Waals surface area contributed by atoms with Gasteiger partial charge in [-0.1, -0.05) is 6.07 Å². The Morgan fingerprint density at radius 2 is 1.74 bits per heavy atom. The summed E-state index contributed by atoms with van der Waals surface area (Å²) in [6.07, 6.45) is 0.930. The predicted molar refractivity (Wildman–Crippen MR) is 131 cm³/mol. The molecule has 1 N–H and O–H groups in total. The van der Waals surface area contributed by atoms with Gasteiger partial charge < -0.3 is 28.8 Å². The van der Waals surface area contributed by atoms with Crippen LogP contribution < -0.4 is 19.5 Å². The lowest BCUT2D eigenvalue weighted by Crippen LogP contribution is -2.31. The number of rotatable bonds is 9. The Morgan fingerprint density at radius 1 is 1.03 bits per heavy atom. The van der Waals surface area contributed by atoms with Gasteiger partial charge in [0.05, 0.1) is 21.3 Å². The minimum absolute atomic E-state index is 0.223. The Kier molecular flexibility index (Phi) is 7.29. The fourth-order valence-corrected chi connectivity index (χ4v) is 4.36. The van der Waals surface area contributed by atoms with E-state index in [0.717, 1.165) is 55.0 Å². The van der Waals surface area contributed by atoms with Crippen molar-refractivity contribution >= 4 is 16.9 Å². The average molecular weight is 468 g/mol. The Balaban J connectivity index is 1.56. The van der Waals surface area contributed by atoms with E-state index in [9.17, 15) is 4.79 Å². The molecule has 4 rings (SSSR count). The zero-order valence-electron chi connectivity index (χ0n) is 20.6. The minimum atomic E-state index is -0.223. The number of furan rings is 1. The van der Waals surface area contributed by atoms with Gasteiger partial charge in [0.2, 0.25) is 0 Å². The van der Waals surface area contributed by atoms with Gasteiger partial charge in [-0.15, -0.1) is 0 Å². The SMILES string of the molecule is COc1cc2c(cc1OC)CN(Cc1ccc(OC)c3oc(C(=O)NCCN(C)C)cc13)CC2. The molecule has 3 aromatic rings. The molecule has 34 heavy (non-hydrogen) atoms. The number of nitrogens with zero attached hydrogens (tertiary/aromatic N) is 2. The molecule has 8 nitrogen and oxygen atoms in total. The second kappa shape index (κ2) is 10.4. The van der Waals surface area contributed by atoms with Gasteiger partial charge in [0.1, 0.15) is 0 Å². The lowest BCUT2D eigenvalue weighted by molar-refractivity contribution is 0.0925. The van der Waals surface area contributed by atoms with E-state index in [1.165, 1.54) is 11.1 Å². The van der Waals surface area contributed by atoms with Gasteiger partial charge in [-0.05, 0) is 61.5 Å². The summed E-state index contributed by atoms with van der Waals surface area (Å²) < 4.78 is 22.4. The highest BCUT2D eigenvalue weighted by Gasteiger charge is 2.22. The average Bonchev–Trinajstić information content (AvgIpc) is 3.29. The maximum absolute atomic E-state index is 12.7. The number of likely N-dealkylation sites (N-methyl/N-ethyl adjacent to an activating group) is 1. The van der Waals surface area contributed by atoms with E-state index in [4.69, 9.17) is 18.6 Å². The molecule has 0 saturated carbocycles. The van der Waals surface area contributed by atoms with Crippen LogP contribution in [0.2, 0.25) is 0 Å². The van der Waals surface area contributed by atoms with Gasteiger partial charge in [-0.2, -0.15) is 0 Å². The quantitative estimate of drug-likeness (QED) is 0.517. The Morgan fingerprint density at radius 3 is 2.41 bits per heavy atom. The van der Waals surface area contributed by atoms with Gasteiger partial charge in [-0.25, -0.2) is 0 Å². The lowest BCUT2D eigenvalue weighted by atomic mass is 9.98. The van der Waals surface area contributed by atoms with Crippen LogP contribution in [0.5, 0.6) is 17.2 Å². The first-order valence-electron chi connectivity index (χ1n) is 11.4. The Bertz CT molecular complexity index is 1170. The molecule has 1 amide bonds. The summed E-state index contributed by atoms with van der Waals surface area (Å²) in [6, 6.07) is 9.92. The van der Waals surface area contributed by atoms with E-state index >= 15 is 0 Å². The van der Waals surface area contributed by atoms with Crippen LogP contribution in [0.3, 0.4) is 0 Å². The number of carbonyl (C=O) groups is 1. The minimum Gasteiger partial charge on any atom is -0.493 e. The summed E-state index contributed by atoms with van der Waals surface area (Å²) in [5.41, 5.74) is 4.22. The molecular weight excluding hydrogens is 434 g/mol. The number of methoxy groups -OCH3 is 3. The summed E-state index contributed by atoms with van der Waals surface area (Å²) in [5.74, 6) is 2.20. The maximum Gasteiger partial charge on any atom is 0.287 e. The summed E-state index contributed by atoms with van der Waals surface area (Å²) in [7, 11) is 8.87. The third-order valence-corrected chi connectivity index (χ3v) is 6.22. The van der Waals surface area contributed by atoms with Crippen molar-refractivity contribution in [2.45, 2.75) is 19.5 Å². The van der Waals surface area contributed by atoms with E-state index in [-0.39, 0.29) is 5.91 Å². The van der Waals surface area contributed by atoms with Crippen LogP contribution in [0, 0.1) is 0 Å². The first-order valence-corrected chi connectivity index (χ1v) is 11.4. The summed E-state index contributed by atoms with van der Waals surface area (Å²) in [5, 5.41) is 3.81. The van der Waals surface area contributed by atoms with Gasteiger partial charge in [0.15, 0.2) is 28.6 Å². The van der Waals surface area contributed by atoms with Crippen LogP contribution in [0.1, 0.15) is 27.2 Å². The molecule has 0 aliphatic carbocycles. The highest BCUT2D eigenvalue weighted by atomic mass is 16.5. The summed E-state index contributed by atoms with van der Waals surface area (Å²) >= 11 is 0. The van der Waals surface area contributed by atoms with Crippen molar-refractivity contribution in [3.63, 3.8) is 0 Å². The van der Waals surface area contributed by atoms with Crippen molar-refractivity contribution in [1.29, 1.82) is 0 Å². The fourth-order valence-electron chi connectivity index (χ4n) is 4.36. The van der Waals surface area contributed by atoms with Crippen molar-refractivity contribution in [3.05, 3.63) is 52.8 Å². The number of ether oxygens (including phenoxy) is 3. The molecule has 2 aromatic carbocycles. The monoisotopic (exact) mass is 467 g/mol. The molecule has 0 spiro atoms. The van der Waals surface area contributed by atoms with Crippen molar-refractivity contribution in [3.8, 4) is 17.2 Å². The molecule has 0 saturated heterocycles. The molecule has 1 aromatic heterocycles. The van der Waals surface area contributed by atoms with Crippen molar-refractivity contribution in [2.75, 3.05) is 55.1 Å². The van der Waals surface area contributed by atoms with E-state index in [1.54, 1.807) is 21.3 Å². The lowest BCUT2D eigenvalue weighted by Gasteiger charge is -2.29. The molecule has 0 bridgehead atoms. The third kappa shape index (κ3) is 4.98. The largest absolute Gasteiger partial charge is 0.493 e. The maximum atomic E-state index is 12.7. The van der Waals surface area contributed by atoms with E-state index in [2.05, 4.69) is 28.4 Å². The number of amides is 1. The van der Waals surface area contributed by atoms with Gasteiger partial charge in [0, 0.05) is 38.1 Å². The molecule has 1 aliphatic rings. The smallest absolute Gasteiger partial charge is 0.287 e. The van der Waals surface area contributed by atoms with Gasteiger partial charge in [-0.3, -0.25) is 9.69 Å². The van der Waals surface area contributed by atoms with Crippen molar-refractivity contribution in [2.24, 2.45) is 0 Å². The number of hydrogen-bond donors (Lipinski definition) is 1. The third-order valence-electron chi connectivity index (χ3n) is 6.22. The topological polar surface area (TPSA) is 76.4 Å². The second-order valence-electron chi connectivity index (χ2n) is 8.78. The Labute approximate surface area is 200 Å². The molecule has 0 unspecified atom stereocenters. The standard InChI is InChI=1S/C26H33N3O5/c1-28(2)11-9-27-26(30)24-14-20-18(6-7-21(31-3)25(20)34-24)15-29-10-8-17-12-22(32-4)23(33-5)13-19(17)16-29/h6-7,12-14H,8-11,15-16H2,1-5H3,(H,27,30). The van der Waals surface area contributed by atoms with Crippen LogP contribution >= 0.6 is 0 Å². The number of fused-ring (bicyclic) bond motifs is 2. The van der Waals surface area contributed by atoms with E-state index < -0.39 is 0 Å². The van der Waals surface area contributed by atoms with Crippen LogP contribution in [0.4, 0.5) is 0 Å². The normalized spacial score (nSPS) is 13.7. The van der Waals surface area contributed by atoms with Crippen molar-refractivity contribution in [1.82, 2.24) is 15.1 Å². The molecule has 8 heteroatoms. The zero-order chi connectivity index (χ0) is 24.2. The Hall–Kier alpha value is -3.23. The number of carbonyl (C=O) groups excluding carboxylic acids is 1. The molecule has 182 valence electrons. The number of benzene rings is 2. The predicted octanol–water partition coefficient (Wildman–Crippen LogP) is 3.31. The highest BCUT2D eigenvalue weighted by Crippen LogP contribution is 2.35. The fraction of sp³-hybridized carbons (Fsp3) is 0.423. The van der Waals surface area contributed by atoms with Crippen LogP contribution in [0.25, 0.3) is 11.0 Å². The van der Waals surface area contributed by atoms with Crippen LogP contribution in [-0.4, -0.2) is 70.8 Å². The second-order valence-corrected chi connectivity index (χ2v) is 8.78. The molecule has 0 radical (unpaired) electrons. The van der Waals surface area contributed by atoms with Crippen LogP contribution in [0.15, 0.2) is 34.7 Å². The van der Waals surface area contributed by atoms with E-state index in [0.29, 0.717) is 23.6 Å². The summed E-state index contributed by atoms with van der Waals surface area (Å²) in [4.78, 5) is 17.1. The summed E-state index contributed by atoms with van der Waals surface area (Å²) in [6.45, 7) is 3.77. The molecular formula is C26H33N3O5. The zero-order valence-corrected chi connectivity index (χ0v) is 20.6. The first kappa shape index (κ1) is 23.9. The highest BCUT2D eigenvalue weighted by molar-refractivity contribution is 5.98. The van der Waals surface area contributed by atoms with Crippen LogP contribution in [-0.2, 0) is 19.5 Å². The van der Waals surface area contributed by atoms with Crippen molar-refractivity contribution < 1.29 is 23.4 Å². The number of nitrogens with one attached hydrogen (secondary N) is 1. The van der Waals surface area contributed by atoms with E-state index in [1.807, 2.05) is 31.1 Å². The van der Waals surface area contributed by atoms with Gasteiger partial charge >= 0.3 is 0 Å². The molecule has 0 fully saturated rings.